The van der Waals surface area contributed by atoms with Gasteiger partial charge in [0, 0.05) is 25.3 Å². The molecule has 0 bridgehead atoms. The second-order valence-electron chi connectivity index (χ2n) is 7.72. The normalized spacial score (nSPS) is 16.5. The number of benzene rings is 1. The van der Waals surface area contributed by atoms with Gasteiger partial charge in [-0.2, -0.15) is 5.10 Å². The minimum Gasteiger partial charge on any atom is -0.354 e. The van der Waals surface area contributed by atoms with Gasteiger partial charge in [0.2, 0.25) is 5.91 Å². The van der Waals surface area contributed by atoms with E-state index in [0.717, 1.165) is 42.2 Å². The second-order valence-corrected chi connectivity index (χ2v) is 7.72. The fourth-order valence-electron chi connectivity index (χ4n) is 3.80. The Morgan fingerprint density at radius 2 is 1.87 bits per heavy atom. The molecule has 0 aliphatic carbocycles. The summed E-state index contributed by atoms with van der Waals surface area (Å²) in [5.41, 5.74) is 2.82. The Hall–Kier alpha value is -3.29. The molecule has 2 aromatic heterocycles. The number of nitrogens with one attached hydrogen (secondary N) is 1. The summed E-state index contributed by atoms with van der Waals surface area (Å²) in [5.74, 6) is 1.05. The van der Waals surface area contributed by atoms with Crippen molar-refractivity contribution in [3.63, 3.8) is 0 Å². The first-order chi connectivity index (χ1) is 14.5. The Morgan fingerprint density at radius 3 is 2.53 bits per heavy atom. The Morgan fingerprint density at radius 1 is 1.13 bits per heavy atom. The summed E-state index contributed by atoms with van der Waals surface area (Å²) in [6.45, 7) is 5.77. The van der Waals surface area contributed by atoms with E-state index >= 15 is 0 Å². The average molecular weight is 408 g/mol. The largest absolute Gasteiger partial charge is 0.354 e. The van der Waals surface area contributed by atoms with Crippen molar-refractivity contribution in [2.24, 2.45) is 5.92 Å². The van der Waals surface area contributed by atoms with Crippen molar-refractivity contribution in [1.82, 2.24) is 25.3 Å². The van der Waals surface area contributed by atoms with Crippen LogP contribution in [0.1, 0.15) is 29.8 Å². The first-order valence-corrected chi connectivity index (χ1v) is 10.1. The number of aromatic nitrogens is 4. The molecule has 0 radical (unpaired) electrons. The number of aryl methyl sites for hydroxylation is 2. The molecule has 1 amide bonds. The van der Waals surface area contributed by atoms with Gasteiger partial charge >= 0.3 is 0 Å². The number of rotatable bonds is 5. The molecule has 8 heteroatoms. The molecule has 1 aromatic carbocycles. The van der Waals surface area contributed by atoms with Gasteiger partial charge < -0.3 is 10.2 Å². The van der Waals surface area contributed by atoms with Crippen LogP contribution in [0.25, 0.3) is 5.82 Å². The van der Waals surface area contributed by atoms with Gasteiger partial charge in [-0.1, -0.05) is 12.1 Å². The van der Waals surface area contributed by atoms with Crippen LogP contribution in [0.5, 0.6) is 0 Å². The number of nitrogens with zero attached hydrogens (tertiary/aromatic N) is 5. The van der Waals surface area contributed by atoms with Gasteiger partial charge in [-0.15, -0.1) is 10.2 Å². The monoisotopic (exact) mass is 408 g/mol. The first-order valence-electron chi connectivity index (χ1n) is 10.1. The molecule has 156 valence electrons. The maximum Gasteiger partial charge on any atom is 0.225 e. The predicted octanol–water partition coefficient (Wildman–Crippen LogP) is 2.95. The lowest BCUT2D eigenvalue weighted by molar-refractivity contribution is -0.125. The number of amides is 1. The molecule has 1 atom stereocenters. The SMILES string of the molecule is Cc1cc(C)n(-c2ccc(N3CCCC(C(=O)NCc4ccc(F)cc4)C3)nn2)n1. The highest BCUT2D eigenvalue weighted by molar-refractivity contribution is 5.79. The molecule has 3 heterocycles. The van der Waals surface area contributed by atoms with E-state index < -0.39 is 0 Å². The number of carbonyl (C=O) groups excluding carboxylic acids is 1. The van der Waals surface area contributed by atoms with Crippen LogP contribution >= 0.6 is 0 Å². The van der Waals surface area contributed by atoms with Crippen molar-refractivity contribution in [2.45, 2.75) is 33.2 Å². The fourth-order valence-corrected chi connectivity index (χ4v) is 3.80. The molecule has 1 fully saturated rings. The van der Waals surface area contributed by atoms with Gasteiger partial charge in [-0.3, -0.25) is 4.79 Å². The molecule has 7 nitrogen and oxygen atoms in total. The van der Waals surface area contributed by atoms with E-state index in [1.165, 1.54) is 12.1 Å². The highest BCUT2D eigenvalue weighted by Gasteiger charge is 2.26. The first kappa shape index (κ1) is 20.0. The third-order valence-corrected chi connectivity index (χ3v) is 5.36. The zero-order valence-corrected chi connectivity index (χ0v) is 17.2. The van der Waals surface area contributed by atoms with E-state index in [1.54, 1.807) is 16.8 Å². The van der Waals surface area contributed by atoms with Gasteiger partial charge in [-0.05, 0) is 62.6 Å². The lowest BCUT2D eigenvalue weighted by Crippen LogP contribution is -2.43. The van der Waals surface area contributed by atoms with Crippen LogP contribution in [0.2, 0.25) is 0 Å². The quantitative estimate of drug-likeness (QED) is 0.703. The molecule has 0 spiro atoms. The maximum absolute atomic E-state index is 13.0. The maximum atomic E-state index is 13.0. The summed E-state index contributed by atoms with van der Waals surface area (Å²) in [5, 5.41) is 16.1. The highest BCUT2D eigenvalue weighted by atomic mass is 19.1. The third-order valence-electron chi connectivity index (χ3n) is 5.36. The van der Waals surface area contributed by atoms with E-state index in [2.05, 4.69) is 25.5 Å². The Bertz CT molecular complexity index is 1020. The van der Waals surface area contributed by atoms with E-state index in [1.807, 2.05) is 32.0 Å². The molecule has 4 rings (SSSR count). The average Bonchev–Trinajstić information content (AvgIpc) is 3.11. The highest BCUT2D eigenvalue weighted by Crippen LogP contribution is 2.22. The van der Waals surface area contributed by atoms with Gasteiger partial charge in [-0.25, -0.2) is 9.07 Å². The number of hydrogen-bond acceptors (Lipinski definition) is 5. The molecular formula is C22H25FN6O. The minimum atomic E-state index is -0.280. The lowest BCUT2D eigenvalue weighted by Gasteiger charge is -2.32. The van der Waals surface area contributed by atoms with Crippen molar-refractivity contribution in [2.75, 3.05) is 18.0 Å². The summed E-state index contributed by atoms with van der Waals surface area (Å²) in [6.07, 6.45) is 1.75. The molecule has 1 N–H and O–H groups in total. The summed E-state index contributed by atoms with van der Waals surface area (Å²) < 4.78 is 14.8. The Labute approximate surface area is 174 Å². The van der Waals surface area contributed by atoms with Crippen LogP contribution < -0.4 is 10.2 Å². The zero-order chi connectivity index (χ0) is 21.1. The summed E-state index contributed by atoms with van der Waals surface area (Å²) in [6, 6.07) is 12.0. The van der Waals surface area contributed by atoms with Crippen molar-refractivity contribution in [1.29, 1.82) is 0 Å². The number of hydrogen-bond donors (Lipinski definition) is 1. The summed E-state index contributed by atoms with van der Waals surface area (Å²) >= 11 is 0. The Kier molecular flexibility index (Phi) is 5.74. The molecule has 0 saturated carbocycles. The van der Waals surface area contributed by atoms with E-state index in [-0.39, 0.29) is 17.6 Å². The molecule has 1 aliphatic heterocycles. The topological polar surface area (TPSA) is 75.9 Å². The number of halogens is 1. The number of piperidine rings is 1. The lowest BCUT2D eigenvalue weighted by atomic mass is 9.97. The number of anilines is 1. The molecule has 3 aromatic rings. The summed E-state index contributed by atoms with van der Waals surface area (Å²) in [4.78, 5) is 14.7. The van der Waals surface area contributed by atoms with Crippen LogP contribution in [-0.4, -0.2) is 39.0 Å². The van der Waals surface area contributed by atoms with E-state index in [0.29, 0.717) is 18.9 Å². The van der Waals surface area contributed by atoms with Crippen LogP contribution in [0.15, 0.2) is 42.5 Å². The molecule has 1 aliphatic rings. The molecule has 1 saturated heterocycles. The van der Waals surface area contributed by atoms with Crippen LogP contribution in [0.3, 0.4) is 0 Å². The predicted molar refractivity (Wildman–Crippen MR) is 112 cm³/mol. The Balaban J connectivity index is 1.37. The van der Waals surface area contributed by atoms with E-state index in [9.17, 15) is 9.18 Å². The summed E-state index contributed by atoms with van der Waals surface area (Å²) in [7, 11) is 0. The minimum absolute atomic E-state index is 0.0104. The molecule has 30 heavy (non-hydrogen) atoms. The molecule has 1 unspecified atom stereocenters. The number of carbonyl (C=O) groups is 1. The van der Waals surface area contributed by atoms with Crippen LogP contribution in [-0.2, 0) is 11.3 Å². The van der Waals surface area contributed by atoms with Gasteiger partial charge in [0.25, 0.3) is 0 Å². The molecular weight excluding hydrogens is 383 g/mol. The van der Waals surface area contributed by atoms with Gasteiger partial charge in [0.15, 0.2) is 11.6 Å². The van der Waals surface area contributed by atoms with Crippen molar-refractivity contribution in [3.05, 3.63) is 65.2 Å². The van der Waals surface area contributed by atoms with Crippen LogP contribution in [0.4, 0.5) is 10.2 Å². The van der Waals surface area contributed by atoms with Gasteiger partial charge in [0.05, 0.1) is 11.6 Å². The van der Waals surface area contributed by atoms with Crippen LogP contribution in [0, 0.1) is 25.6 Å². The second kappa shape index (κ2) is 8.61. The fraction of sp³-hybridized carbons (Fsp3) is 0.364. The van der Waals surface area contributed by atoms with Gasteiger partial charge in [0.1, 0.15) is 5.82 Å². The zero-order valence-electron chi connectivity index (χ0n) is 17.2. The smallest absolute Gasteiger partial charge is 0.225 e. The standard InChI is InChI=1S/C22H25FN6O/c1-15-12-16(2)29(27-15)21-10-9-20(25-26-21)28-11-3-4-18(14-28)22(30)24-13-17-5-7-19(23)8-6-17/h5-10,12,18H,3-4,11,13-14H2,1-2H3,(H,24,30). The third kappa shape index (κ3) is 4.48. The van der Waals surface area contributed by atoms with Crippen molar-refractivity contribution < 1.29 is 9.18 Å². The van der Waals surface area contributed by atoms with Crippen molar-refractivity contribution in [3.8, 4) is 5.82 Å². The van der Waals surface area contributed by atoms with Crippen molar-refractivity contribution >= 4 is 11.7 Å². The van der Waals surface area contributed by atoms with E-state index in [4.69, 9.17) is 0 Å².